The maximum Gasteiger partial charge on any atom is 0.273 e. The summed E-state index contributed by atoms with van der Waals surface area (Å²) >= 11 is 1.75. The lowest BCUT2D eigenvalue weighted by Crippen LogP contribution is -2.48. The number of nitrogens with one attached hydrogen (secondary N) is 1. The van der Waals surface area contributed by atoms with Crippen LogP contribution in [0.15, 0.2) is 167 Å². The smallest absolute Gasteiger partial charge is 0.273 e. The first-order valence-electron chi connectivity index (χ1n) is 18.1. The monoisotopic (exact) mass is 717 g/mol. The molecule has 0 radical (unpaired) electrons. The van der Waals surface area contributed by atoms with Gasteiger partial charge in [0.1, 0.15) is 11.4 Å². The van der Waals surface area contributed by atoms with Crippen LogP contribution in [0.5, 0.6) is 0 Å². The highest BCUT2D eigenvalue weighted by atomic mass is 32.2. The molecule has 1 aliphatic rings. The molecule has 0 spiro atoms. The molecular formula is C45H43N5O2S. The van der Waals surface area contributed by atoms with Crippen molar-refractivity contribution in [3.63, 3.8) is 0 Å². The van der Waals surface area contributed by atoms with Crippen LogP contribution in [0.3, 0.4) is 0 Å². The Morgan fingerprint density at radius 3 is 2.02 bits per heavy atom. The lowest BCUT2D eigenvalue weighted by molar-refractivity contribution is -0.180. The Morgan fingerprint density at radius 1 is 0.830 bits per heavy atom. The molecule has 7 rings (SSSR count). The summed E-state index contributed by atoms with van der Waals surface area (Å²) in [5, 5.41) is 10.2. The predicted molar refractivity (Wildman–Crippen MR) is 215 cm³/mol. The van der Waals surface area contributed by atoms with Crippen LogP contribution in [0.25, 0.3) is 11.8 Å². The van der Waals surface area contributed by atoms with E-state index >= 15 is 0 Å². The normalized spacial score (nSPS) is 12.6. The van der Waals surface area contributed by atoms with E-state index in [1.165, 1.54) is 10.6 Å². The number of aliphatic imine (C=N–C) groups is 1. The van der Waals surface area contributed by atoms with Gasteiger partial charge in [0.15, 0.2) is 0 Å². The van der Waals surface area contributed by atoms with Crippen molar-refractivity contribution >= 4 is 35.3 Å². The van der Waals surface area contributed by atoms with Crippen LogP contribution in [-0.2, 0) is 20.9 Å². The molecule has 0 atom stereocenters. The fourth-order valence-corrected chi connectivity index (χ4v) is 7.53. The number of thioether (sulfide) groups is 1. The minimum atomic E-state index is -0.825. The molecule has 1 aliphatic heterocycles. The van der Waals surface area contributed by atoms with Crippen molar-refractivity contribution in [2.45, 2.75) is 42.9 Å². The molecule has 7 nitrogen and oxygen atoms in total. The van der Waals surface area contributed by atoms with E-state index in [2.05, 4.69) is 109 Å². The molecule has 1 aromatic heterocycles. The Labute approximate surface area is 316 Å². The van der Waals surface area contributed by atoms with Crippen molar-refractivity contribution in [3.8, 4) is 5.69 Å². The van der Waals surface area contributed by atoms with Crippen molar-refractivity contribution in [3.05, 3.63) is 185 Å². The average molecular weight is 718 g/mol. The summed E-state index contributed by atoms with van der Waals surface area (Å²) in [7, 11) is 0. The first-order chi connectivity index (χ1) is 26.1. The third-order valence-electron chi connectivity index (χ3n) is 9.19. The summed E-state index contributed by atoms with van der Waals surface area (Å²) in [4.78, 5) is 26.5. The number of nitrogens with zero attached hydrogens (tertiary/aromatic N) is 4. The van der Waals surface area contributed by atoms with Crippen molar-refractivity contribution in [1.82, 2.24) is 20.2 Å². The zero-order valence-electron chi connectivity index (χ0n) is 30.1. The fraction of sp³-hybridized carbons (Fsp3) is 0.178. The Hall–Kier alpha value is -5.70. The van der Waals surface area contributed by atoms with E-state index in [1.807, 2.05) is 73.3 Å². The summed E-state index contributed by atoms with van der Waals surface area (Å²) in [5.74, 6) is 1.35. The van der Waals surface area contributed by atoms with Crippen LogP contribution < -0.4 is 5.32 Å². The second-order valence-corrected chi connectivity index (χ2v) is 13.9. The Balaban J connectivity index is 1.33. The highest BCUT2D eigenvalue weighted by Gasteiger charge is 2.38. The van der Waals surface area contributed by atoms with Gasteiger partial charge in [0.2, 0.25) is 0 Å². The maximum absolute atomic E-state index is 14.3. The van der Waals surface area contributed by atoms with Crippen LogP contribution in [0.1, 0.15) is 54.5 Å². The van der Waals surface area contributed by atoms with Gasteiger partial charge in [-0.2, -0.15) is 5.10 Å². The fourth-order valence-electron chi connectivity index (χ4n) is 6.71. The number of hydrogen-bond donors (Lipinski definition) is 1. The zero-order chi connectivity index (χ0) is 36.5. The average Bonchev–Trinajstić information content (AvgIpc) is 3.61. The molecule has 266 valence electrons. The molecule has 53 heavy (non-hydrogen) atoms. The first-order valence-corrected chi connectivity index (χ1v) is 19.1. The number of carbonyl (C=O) groups excluding carboxylic acids is 1. The van der Waals surface area contributed by atoms with Gasteiger partial charge in [-0.1, -0.05) is 134 Å². The van der Waals surface area contributed by atoms with E-state index in [4.69, 9.17) is 14.9 Å². The summed E-state index contributed by atoms with van der Waals surface area (Å²) in [6.07, 6.45) is 6.95. The number of benzene rings is 5. The van der Waals surface area contributed by atoms with Crippen molar-refractivity contribution < 1.29 is 9.63 Å². The molecule has 0 fully saturated rings. The van der Waals surface area contributed by atoms with Crippen molar-refractivity contribution in [2.24, 2.45) is 4.99 Å². The topological polar surface area (TPSA) is 71.8 Å². The maximum atomic E-state index is 14.3. The molecule has 1 amide bonds. The van der Waals surface area contributed by atoms with E-state index in [-0.39, 0.29) is 12.3 Å². The third kappa shape index (κ3) is 8.04. The van der Waals surface area contributed by atoms with Gasteiger partial charge in [0, 0.05) is 40.9 Å². The summed E-state index contributed by atoms with van der Waals surface area (Å²) in [6, 6.07) is 47.8. The first kappa shape index (κ1) is 35.7. The van der Waals surface area contributed by atoms with Crippen molar-refractivity contribution in [2.75, 3.05) is 13.2 Å². The summed E-state index contributed by atoms with van der Waals surface area (Å²) in [6.45, 7) is 4.83. The number of rotatable bonds is 13. The second-order valence-electron chi connectivity index (χ2n) is 12.8. The number of carbonyl (C=O) groups is 1. The van der Waals surface area contributed by atoms with Gasteiger partial charge in [-0.05, 0) is 53.8 Å². The Bertz CT molecular complexity index is 2080. The number of hydrogen-bond acceptors (Lipinski definition) is 6. The van der Waals surface area contributed by atoms with Crippen LogP contribution in [0, 0.1) is 0 Å². The minimum absolute atomic E-state index is 0.169. The zero-order valence-corrected chi connectivity index (χ0v) is 30.9. The summed E-state index contributed by atoms with van der Waals surface area (Å²) in [5.41, 5.74) is 6.64. The molecule has 6 aromatic rings. The van der Waals surface area contributed by atoms with Gasteiger partial charge in [0.05, 0.1) is 24.2 Å². The van der Waals surface area contributed by atoms with Crippen LogP contribution in [-0.4, -0.2) is 39.7 Å². The molecule has 2 heterocycles. The largest absolute Gasteiger partial charge is 0.356 e. The molecule has 0 saturated heterocycles. The van der Waals surface area contributed by atoms with Gasteiger partial charge in [0.25, 0.3) is 5.91 Å². The number of amides is 1. The summed E-state index contributed by atoms with van der Waals surface area (Å²) < 4.78 is 1.89. The van der Waals surface area contributed by atoms with Gasteiger partial charge >= 0.3 is 0 Å². The Morgan fingerprint density at radius 2 is 1.43 bits per heavy atom. The third-order valence-corrected chi connectivity index (χ3v) is 10.2. The number of hydroxylamine groups is 2. The molecule has 0 saturated carbocycles. The number of aromatic nitrogens is 2. The lowest BCUT2D eigenvalue weighted by atomic mass is 9.76. The van der Waals surface area contributed by atoms with Gasteiger partial charge in [-0.3, -0.25) is 9.63 Å². The molecule has 1 N–H and O–H groups in total. The van der Waals surface area contributed by atoms with Crippen molar-refractivity contribution in [1.29, 1.82) is 0 Å². The molecule has 8 heteroatoms. The van der Waals surface area contributed by atoms with Crippen LogP contribution in [0.4, 0.5) is 5.69 Å². The Kier molecular flexibility index (Phi) is 11.3. The molecule has 5 aromatic carbocycles. The van der Waals surface area contributed by atoms with E-state index in [9.17, 15) is 4.79 Å². The van der Waals surface area contributed by atoms with Crippen LogP contribution >= 0.6 is 11.8 Å². The second kappa shape index (κ2) is 16.8. The quantitative estimate of drug-likeness (QED) is 0.0732. The highest BCUT2D eigenvalue weighted by molar-refractivity contribution is 7.98. The number of fused-ring (bicyclic) bond motifs is 1. The SMILES string of the molecule is CCCN(OCC)C(=O)C1=Cc2ccc(-n3cc(SCc4ccccc4)cn3)cc2N=C(NC(c2ccccc2)(c2ccccc2)c2ccccc2)C1. The molecule has 0 aliphatic carbocycles. The standard InChI is InChI=1S/C45H43N5O2S/c1-3-27-50(52-4-2)44(51)36-28-35-25-26-40(49-32-41(31-46-49)53-33-34-17-9-5-10-18-34)30-42(35)47-43(29-36)48-45(37-19-11-6-12-20-37,38-21-13-7-14-22-38)39-23-15-8-16-24-39/h5-26,28,30-32H,3-4,27,29,33H2,1-2H3,(H,47,48). The van der Waals surface area contributed by atoms with E-state index < -0.39 is 5.54 Å². The lowest BCUT2D eigenvalue weighted by Gasteiger charge is -2.38. The number of amidine groups is 1. The van der Waals surface area contributed by atoms with E-state index in [0.29, 0.717) is 24.6 Å². The molecule has 0 unspecified atom stereocenters. The van der Waals surface area contributed by atoms with E-state index in [0.717, 1.165) is 50.7 Å². The molecular weight excluding hydrogens is 675 g/mol. The van der Waals surface area contributed by atoms with E-state index in [1.54, 1.807) is 11.8 Å². The highest BCUT2D eigenvalue weighted by Crippen LogP contribution is 2.39. The van der Waals surface area contributed by atoms with Gasteiger partial charge < -0.3 is 5.32 Å². The minimum Gasteiger partial charge on any atom is -0.356 e. The van der Waals surface area contributed by atoms with Crippen LogP contribution in [0.2, 0.25) is 0 Å². The predicted octanol–water partition coefficient (Wildman–Crippen LogP) is 9.75. The van der Waals surface area contributed by atoms with Gasteiger partial charge in [-0.25, -0.2) is 14.7 Å². The molecule has 0 bridgehead atoms. The van der Waals surface area contributed by atoms with Gasteiger partial charge in [-0.15, -0.1) is 11.8 Å².